The fourth-order valence-electron chi connectivity index (χ4n) is 4.13. The fraction of sp³-hybridized carbons (Fsp3) is 0.148. The van der Waals surface area contributed by atoms with Crippen LogP contribution in [-0.4, -0.2) is 26.5 Å². The number of fused-ring (bicyclic) bond motifs is 2. The quantitative estimate of drug-likeness (QED) is 0.341. The van der Waals surface area contributed by atoms with Gasteiger partial charge in [0.15, 0.2) is 5.65 Å². The second-order valence-electron chi connectivity index (χ2n) is 8.36. The minimum absolute atomic E-state index is 0.0468. The predicted octanol–water partition coefficient (Wildman–Crippen LogP) is 5.56. The average Bonchev–Trinajstić information content (AvgIpc) is 3.13. The first-order chi connectivity index (χ1) is 16.5. The summed E-state index contributed by atoms with van der Waals surface area (Å²) in [5.74, 6) is 0.0285. The summed E-state index contributed by atoms with van der Waals surface area (Å²) in [6, 6.07) is 25.0. The third-order valence-electron chi connectivity index (χ3n) is 5.90. The highest BCUT2D eigenvalue weighted by atomic mass is 35.5. The van der Waals surface area contributed by atoms with Crippen molar-refractivity contribution in [3.8, 4) is 5.69 Å². The molecule has 0 aliphatic carbocycles. The number of rotatable bonds is 6. The summed E-state index contributed by atoms with van der Waals surface area (Å²) in [7, 11) is 0. The Morgan fingerprint density at radius 3 is 2.32 bits per heavy atom. The van der Waals surface area contributed by atoms with E-state index in [2.05, 4.69) is 17.4 Å². The van der Waals surface area contributed by atoms with Gasteiger partial charge in [0.2, 0.25) is 0 Å². The van der Waals surface area contributed by atoms with E-state index in [1.165, 1.54) is 5.56 Å². The lowest BCUT2D eigenvalue weighted by Gasteiger charge is -2.14. The SMILES string of the molecule is C[C@@H](CCc1ccccc1)NC(=O)c1c(N)n(-c2ccc(Cl)cc2)c2nc3ccccc3nc12. The summed E-state index contributed by atoms with van der Waals surface area (Å²) in [5, 5.41) is 3.71. The molecule has 34 heavy (non-hydrogen) atoms. The van der Waals surface area contributed by atoms with Crippen LogP contribution in [0.4, 0.5) is 5.82 Å². The second kappa shape index (κ2) is 9.15. The van der Waals surface area contributed by atoms with Crippen molar-refractivity contribution in [3.63, 3.8) is 0 Å². The second-order valence-corrected chi connectivity index (χ2v) is 8.79. The van der Waals surface area contributed by atoms with E-state index in [0.717, 1.165) is 24.0 Å². The zero-order chi connectivity index (χ0) is 23.7. The van der Waals surface area contributed by atoms with Crippen molar-refractivity contribution in [1.82, 2.24) is 19.9 Å². The van der Waals surface area contributed by atoms with Crippen LogP contribution in [0, 0.1) is 0 Å². The highest BCUT2D eigenvalue weighted by molar-refractivity contribution is 6.30. The number of para-hydroxylation sites is 2. The largest absolute Gasteiger partial charge is 0.384 e. The molecular formula is C27H24ClN5O. The number of aryl methyl sites for hydroxylation is 1. The number of nitrogens with two attached hydrogens (primary N) is 1. The van der Waals surface area contributed by atoms with Crippen molar-refractivity contribution < 1.29 is 4.79 Å². The molecule has 3 aromatic carbocycles. The van der Waals surface area contributed by atoms with Crippen LogP contribution in [0.25, 0.3) is 27.9 Å². The Balaban J connectivity index is 1.54. The van der Waals surface area contributed by atoms with Crippen LogP contribution >= 0.6 is 11.6 Å². The highest BCUT2D eigenvalue weighted by Crippen LogP contribution is 2.31. The molecule has 7 heteroatoms. The molecule has 0 fully saturated rings. The summed E-state index contributed by atoms with van der Waals surface area (Å²) < 4.78 is 1.76. The number of nitrogens with one attached hydrogen (secondary N) is 1. The average molecular weight is 470 g/mol. The number of hydrogen-bond donors (Lipinski definition) is 2. The lowest BCUT2D eigenvalue weighted by atomic mass is 10.1. The van der Waals surface area contributed by atoms with Crippen LogP contribution in [0.15, 0.2) is 78.9 Å². The zero-order valence-corrected chi connectivity index (χ0v) is 19.5. The Kier molecular flexibility index (Phi) is 5.90. The summed E-state index contributed by atoms with van der Waals surface area (Å²) in [5.41, 5.74) is 11.3. The molecule has 0 saturated carbocycles. The standard InChI is InChI=1S/C27H24ClN5O/c1-17(11-12-18-7-3-2-4-8-18)30-27(34)23-24-26(32-22-10-6-5-9-21(22)31-24)33(25(23)29)20-15-13-19(28)14-16-20/h2-10,13-17H,11-12,29H2,1H3,(H,30,34)/t17-/m0/s1. The number of halogens is 1. The van der Waals surface area contributed by atoms with Gasteiger partial charge in [-0.3, -0.25) is 9.36 Å². The maximum atomic E-state index is 13.4. The summed E-state index contributed by atoms with van der Waals surface area (Å²) in [6.45, 7) is 2.00. The first-order valence-corrected chi connectivity index (χ1v) is 11.6. The maximum Gasteiger partial charge on any atom is 0.257 e. The first kappa shape index (κ1) is 21.9. The van der Waals surface area contributed by atoms with Crippen LogP contribution < -0.4 is 11.1 Å². The molecule has 0 aliphatic heterocycles. The molecule has 5 rings (SSSR count). The van der Waals surface area contributed by atoms with Gasteiger partial charge in [-0.15, -0.1) is 0 Å². The van der Waals surface area contributed by atoms with Crippen molar-refractivity contribution in [3.05, 3.63) is 95.0 Å². The first-order valence-electron chi connectivity index (χ1n) is 11.2. The van der Waals surface area contributed by atoms with Gasteiger partial charge in [0.05, 0.1) is 11.0 Å². The van der Waals surface area contributed by atoms with Crippen LogP contribution in [0.5, 0.6) is 0 Å². The lowest BCUT2D eigenvalue weighted by Crippen LogP contribution is -2.33. The number of aromatic nitrogens is 3. The minimum atomic E-state index is -0.264. The number of carbonyl (C=O) groups is 1. The topological polar surface area (TPSA) is 85.8 Å². The van der Waals surface area contributed by atoms with Crippen LogP contribution in [0.2, 0.25) is 5.02 Å². The number of hydrogen-bond acceptors (Lipinski definition) is 4. The third-order valence-corrected chi connectivity index (χ3v) is 6.15. The third kappa shape index (κ3) is 4.20. The zero-order valence-electron chi connectivity index (χ0n) is 18.7. The molecule has 0 unspecified atom stereocenters. The van der Waals surface area contributed by atoms with Crippen molar-refractivity contribution >= 4 is 45.5 Å². The Morgan fingerprint density at radius 2 is 1.62 bits per heavy atom. The smallest absolute Gasteiger partial charge is 0.257 e. The normalized spacial score (nSPS) is 12.2. The molecule has 0 saturated heterocycles. The van der Waals surface area contributed by atoms with E-state index in [0.29, 0.717) is 33.1 Å². The van der Waals surface area contributed by atoms with Gasteiger partial charge in [-0.2, -0.15) is 0 Å². The van der Waals surface area contributed by atoms with E-state index in [-0.39, 0.29) is 11.9 Å². The van der Waals surface area contributed by atoms with E-state index in [4.69, 9.17) is 27.3 Å². The number of nitrogens with zero attached hydrogens (tertiary/aromatic N) is 3. The van der Waals surface area contributed by atoms with Gasteiger partial charge in [-0.05, 0) is 61.7 Å². The molecule has 1 atom stereocenters. The van der Waals surface area contributed by atoms with Crippen molar-refractivity contribution in [1.29, 1.82) is 0 Å². The lowest BCUT2D eigenvalue weighted by molar-refractivity contribution is 0.0941. The Morgan fingerprint density at radius 1 is 0.971 bits per heavy atom. The van der Waals surface area contributed by atoms with E-state index >= 15 is 0 Å². The van der Waals surface area contributed by atoms with Crippen molar-refractivity contribution in [2.24, 2.45) is 0 Å². The van der Waals surface area contributed by atoms with Gasteiger partial charge in [0, 0.05) is 16.8 Å². The number of anilines is 1. The van der Waals surface area contributed by atoms with E-state index < -0.39 is 0 Å². The van der Waals surface area contributed by atoms with Gasteiger partial charge >= 0.3 is 0 Å². The van der Waals surface area contributed by atoms with Crippen molar-refractivity contribution in [2.75, 3.05) is 5.73 Å². The molecule has 0 bridgehead atoms. The predicted molar refractivity (Wildman–Crippen MR) is 137 cm³/mol. The van der Waals surface area contributed by atoms with Gasteiger partial charge < -0.3 is 11.1 Å². The molecule has 5 aromatic rings. The number of nitrogen functional groups attached to an aromatic ring is 1. The minimum Gasteiger partial charge on any atom is -0.384 e. The van der Waals surface area contributed by atoms with Gasteiger partial charge in [0.25, 0.3) is 5.91 Å². The van der Waals surface area contributed by atoms with E-state index in [1.54, 1.807) is 16.7 Å². The molecule has 1 amide bonds. The molecule has 2 aromatic heterocycles. The molecule has 0 radical (unpaired) electrons. The Labute approximate surface area is 202 Å². The van der Waals surface area contributed by atoms with Crippen LogP contribution in [0.1, 0.15) is 29.3 Å². The maximum absolute atomic E-state index is 13.4. The van der Waals surface area contributed by atoms with Crippen LogP contribution in [-0.2, 0) is 6.42 Å². The fourth-order valence-corrected chi connectivity index (χ4v) is 4.26. The summed E-state index contributed by atoms with van der Waals surface area (Å²) in [4.78, 5) is 23.0. The van der Waals surface area contributed by atoms with Gasteiger partial charge in [-0.1, -0.05) is 54.1 Å². The molecule has 3 N–H and O–H groups in total. The highest BCUT2D eigenvalue weighted by Gasteiger charge is 2.25. The van der Waals surface area contributed by atoms with E-state index in [9.17, 15) is 4.79 Å². The Bertz CT molecular complexity index is 1480. The molecular weight excluding hydrogens is 446 g/mol. The number of amides is 1. The van der Waals surface area contributed by atoms with Gasteiger partial charge in [-0.25, -0.2) is 9.97 Å². The number of benzene rings is 3. The van der Waals surface area contributed by atoms with Crippen LogP contribution in [0.3, 0.4) is 0 Å². The summed E-state index contributed by atoms with van der Waals surface area (Å²) >= 11 is 6.09. The molecule has 2 heterocycles. The molecule has 6 nitrogen and oxygen atoms in total. The van der Waals surface area contributed by atoms with E-state index in [1.807, 2.05) is 61.5 Å². The van der Waals surface area contributed by atoms with Crippen molar-refractivity contribution in [2.45, 2.75) is 25.8 Å². The molecule has 0 spiro atoms. The summed E-state index contributed by atoms with van der Waals surface area (Å²) in [6.07, 6.45) is 1.68. The Hall–Kier alpha value is -3.90. The monoisotopic (exact) mass is 469 g/mol. The molecule has 170 valence electrons. The van der Waals surface area contributed by atoms with Gasteiger partial charge in [0.1, 0.15) is 16.9 Å². The molecule has 0 aliphatic rings. The number of carbonyl (C=O) groups excluding carboxylic acids is 1.